The Balaban J connectivity index is 0.000000172. The van der Waals surface area contributed by atoms with Crippen molar-refractivity contribution in [2.24, 2.45) is 0 Å². The van der Waals surface area contributed by atoms with Gasteiger partial charge in [-0.25, -0.2) is 15.0 Å². The number of anilines is 3. The van der Waals surface area contributed by atoms with Crippen LogP contribution in [-0.2, 0) is 13.2 Å². The molecular weight excluding hydrogens is 1070 g/mol. The summed E-state index contributed by atoms with van der Waals surface area (Å²) in [6.45, 7) is 20.1. The fourth-order valence-electron chi connectivity index (χ4n) is 8.27. The summed E-state index contributed by atoms with van der Waals surface area (Å²) >= 11 is 4.93. The summed E-state index contributed by atoms with van der Waals surface area (Å²) in [5.41, 5.74) is 12.2. The monoisotopic (exact) mass is 1140 g/mol. The fraction of sp³-hybridized carbons (Fsp3) is 0.262. The van der Waals surface area contributed by atoms with Crippen molar-refractivity contribution in [2.45, 2.75) is 87.9 Å². The number of hydrogen-bond acceptors (Lipinski definition) is 16. The average molecular weight is 1140 g/mol. The van der Waals surface area contributed by atoms with E-state index in [4.69, 9.17) is 19.2 Å². The molecule has 0 aliphatic carbocycles. The van der Waals surface area contributed by atoms with Gasteiger partial charge in [0.05, 0.1) is 38.3 Å². The van der Waals surface area contributed by atoms with E-state index in [2.05, 4.69) is 105 Å². The molecule has 0 bridgehead atoms. The van der Waals surface area contributed by atoms with E-state index < -0.39 is 0 Å². The molecule has 1 aliphatic heterocycles. The predicted octanol–water partition coefficient (Wildman–Crippen LogP) is 17.2. The molecule has 0 atom stereocenters. The highest BCUT2D eigenvalue weighted by Crippen LogP contribution is 2.41. The van der Waals surface area contributed by atoms with Gasteiger partial charge >= 0.3 is 0 Å². The number of nitrogens with zero attached hydrogens (tertiary/aromatic N) is 6. The number of rotatable bonds is 19. The molecule has 16 heteroatoms. The Hall–Kier alpha value is -8.02. The zero-order valence-corrected chi connectivity index (χ0v) is 50.0. The Morgan fingerprint density at radius 3 is 1.51 bits per heavy atom. The van der Waals surface area contributed by atoms with Gasteiger partial charge in [0.25, 0.3) is 0 Å². The van der Waals surface area contributed by atoms with E-state index in [1.807, 2.05) is 143 Å². The largest absolute Gasteiger partial charge is 0.489 e. The first-order chi connectivity index (χ1) is 39.9. The topological polar surface area (TPSA) is 161 Å². The van der Waals surface area contributed by atoms with Gasteiger partial charge in [-0.2, -0.15) is 0 Å². The Morgan fingerprint density at radius 1 is 0.494 bits per heavy atom. The number of nitrogens with one attached hydrogen (secondary N) is 3. The van der Waals surface area contributed by atoms with Crippen molar-refractivity contribution in [1.29, 1.82) is 0 Å². The first kappa shape index (κ1) is 60.6. The van der Waals surface area contributed by atoms with Gasteiger partial charge in [-0.1, -0.05) is 137 Å². The third kappa shape index (κ3) is 16.5. The lowest BCUT2D eigenvalue weighted by Crippen LogP contribution is -1.97. The van der Waals surface area contributed by atoms with Gasteiger partial charge in [0.1, 0.15) is 12.4 Å². The third-order valence-corrected chi connectivity index (χ3v) is 15.1. The molecule has 7 heterocycles. The summed E-state index contributed by atoms with van der Waals surface area (Å²) in [6, 6.07) is 42.2. The van der Waals surface area contributed by atoms with Gasteiger partial charge in [-0.05, 0) is 116 Å². The molecule has 10 aromatic rings. The van der Waals surface area contributed by atoms with Crippen LogP contribution < -0.4 is 30.2 Å². The molecule has 0 unspecified atom stereocenters. The number of ether oxygens (including phenoxy) is 3. The molecule has 0 saturated carbocycles. The lowest BCUT2D eigenvalue weighted by molar-refractivity contribution is 0.174. The molecular formula is C65H73N9O4S3. The number of benzene rings is 4. The summed E-state index contributed by atoms with van der Waals surface area (Å²) in [5.74, 6) is 2.40. The van der Waals surface area contributed by atoms with E-state index >= 15 is 0 Å². The SMILES string of the molecule is CC.CC.CCCNc1ncc(-c2cccnc2-c2ccc(OCc3ccccc3)cc2C)s1.CCCNc1ncc(-c2cccnc2-c2ccc3c(c2)OCO3)s1.CCCNc1ncc(-c2cccnc2-c2ccccc2CO)s1. The number of hydrogen-bond donors (Lipinski definition) is 4. The maximum Gasteiger partial charge on any atom is 0.231 e. The van der Waals surface area contributed by atoms with E-state index in [1.54, 1.807) is 46.4 Å². The Bertz CT molecular complexity index is 3470. The average Bonchev–Trinajstić information content (AvgIpc) is 4.57. The molecule has 0 fully saturated rings. The zero-order valence-electron chi connectivity index (χ0n) is 47.5. The van der Waals surface area contributed by atoms with E-state index in [9.17, 15) is 5.11 Å². The lowest BCUT2D eigenvalue weighted by Gasteiger charge is -2.12. The number of pyridine rings is 3. The molecule has 0 amide bonds. The van der Waals surface area contributed by atoms with E-state index in [-0.39, 0.29) is 13.4 Å². The van der Waals surface area contributed by atoms with Crippen LogP contribution in [0.3, 0.4) is 0 Å². The Labute approximate surface area is 489 Å². The Morgan fingerprint density at radius 2 is 0.975 bits per heavy atom. The molecule has 4 N–H and O–H groups in total. The molecule has 420 valence electrons. The van der Waals surface area contributed by atoms with Gasteiger partial charge in [0.2, 0.25) is 6.79 Å². The number of aliphatic hydroxyl groups is 1. The second kappa shape index (κ2) is 32.3. The van der Waals surface area contributed by atoms with Crippen molar-refractivity contribution in [3.8, 4) is 82.3 Å². The Kier molecular flexibility index (Phi) is 24.2. The number of thiazole rings is 3. The highest BCUT2D eigenvalue weighted by atomic mass is 32.1. The molecule has 0 spiro atoms. The maximum atomic E-state index is 9.59. The van der Waals surface area contributed by atoms with Crippen LogP contribution in [0.1, 0.15) is 84.4 Å². The van der Waals surface area contributed by atoms with Crippen LogP contribution in [0, 0.1) is 6.92 Å². The minimum Gasteiger partial charge on any atom is -0.489 e. The zero-order chi connectivity index (χ0) is 57.2. The van der Waals surface area contributed by atoms with Gasteiger partial charge in [-0.15, -0.1) is 0 Å². The van der Waals surface area contributed by atoms with Crippen LogP contribution in [0.25, 0.3) is 65.1 Å². The van der Waals surface area contributed by atoms with Gasteiger partial charge in [0.15, 0.2) is 26.9 Å². The van der Waals surface area contributed by atoms with Crippen molar-refractivity contribution >= 4 is 49.4 Å². The quantitative estimate of drug-likeness (QED) is 0.0606. The van der Waals surface area contributed by atoms with Gasteiger partial charge in [0, 0.05) is 90.2 Å². The minimum absolute atomic E-state index is 0.00180. The number of aryl methyl sites for hydroxylation is 1. The normalized spacial score (nSPS) is 10.8. The predicted molar refractivity (Wildman–Crippen MR) is 339 cm³/mol. The minimum atomic E-state index is -0.00180. The number of fused-ring (bicyclic) bond motifs is 1. The van der Waals surface area contributed by atoms with E-state index in [0.717, 1.165) is 153 Å². The molecule has 6 aromatic heterocycles. The molecule has 0 saturated heterocycles. The van der Waals surface area contributed by atoms with Gasteiger partial charge < -0.3 is 35.3 Å². The van der Waals surface area contributed by atoms with Crippen LogP contribution in [0.15, 0.2) is 165 Å². The van der Waals surface area contributed by atoms with Crippen molar-refractivity contribution in [1.82, 2.24) is 29.9 Å². The molecule has 4 aromatic carbocycles. The number of aliphatic hydroxyl groups excluding tert-OH is 1. The summed E-state index contributed by atoms with van der Waals surface area (Å²) in [6.07, 6.45) is 14.4. The highest BCUT2D eigenvalue weighted by Gasteiger charge is 2.19. The first-order valence-electron chi connectivity index (χ1n) is 27.7. The van der Waals surface area contributed by atoms with Gasteiger partial charge in [-0.3, -0.25) is 15.0 Å². The highest BCUT2D eigenvalue weighted by molar-refractivity contribution is 7.19. The van der Waals surface area contributed by atoms with Crippen molar-refractivity contribution in [2.75, 3.05) is 42.4 Å². The third-order valence-electron chi connectivity index (χ3n) is 12.1. The maximum absolute atomic E-state index is 9.59. The van der Waals surface area contributed by atoms with Crippen LogP contribution in [0.4, 0.5) is 15.4 Å². The van der Waals surface area contributed by atoms with Crippen LogP contribution in [0.5, 0.6) is 17.2 Å². The second-order valence-electron chi connectivity index (χ2n) is 17.7. The van der Waals surface area contributed by atoms with Crippen LogP contribution in [-0.4, -0.2) is 61.4 Å². The second-order valence-corrected chi connectivity index (χ2v) is 20.8. The summed E-state index contributed by atoms with van der Waals surface area (Å²) < 4.78 is 16.9. The summed E-state index contributed by atoms with van der Waals surface area (Å²) in [4.78, 5) is 30.5. The summed E-state index contributed by atoms with van der Waals surface area (Å²) in [7, 11) is 0. The lowest BCUT2D eigenvalue weighted by atomic mass is 10.0. The molecule has 11 rings (SSSR count). The summed E-state index contributed by atoms with van der Waals surface area (Å²) in [5, 5.41) is 22.4. The first-order valence-corrected chi connectivity index (χ1v) is 30.2. The molecule has 81 heavy (non-hydrogen) atoms. The van der Waals surface area contributed by atoms with Crippen LogP contribution >= 0.6 is 34.0 Å². The van der Waals surface area contributed by atoms with Crippen molar-refractivity contribution in [3.05, 3.63) is 181 Å². The van der Waals surface area contributed by atoms with Crippen LogP contribution in [0.2, 0.25) is 0 Å². The molecule has 0 radical (unpaired) electrons. The van der Waals surface area contributed by atoms with E-state index in [1.165, 1.54) is 0 Å². The smallest absolute Gasteiger partial charge is 0.231 e. The molecule has 13 nitrogen and oxygen atoms in total. The molecule has 1 aliphatic rings. The van der Waals surface area contributed by atoms with E-state index in [0.29, 0.717) is 6.61 Å². The number of aromatic nitrogens is 6. The van der Waals surface area contributed by atoms with Crippen molar-refractivity contribution in [3.63, 3.8) is 0 Å². The van der Waals surface area contributed by atoms with Crippen molar-refractivity contribution < 1.29 is 19.3 Å². The standard InChI is InChI=1S/C25H25N3OS.C18H17N3O2S.C18H19N3OS.2C2H6/c1-3-13-27-25-28-16-23(30-25)22-10-7-14-26-24(22)21-12-11-20(15-18(21)2)29-17-19-8-5-4-6-9-19;1-2-7-20-18-21-10-16(24-18)13-4-3-8-19-17(13)12-5-6-14-15(9-12)23-11-22-14;1-2-9-20-18-21-11-16(23-18)15-8-5-10-19-17(15)14-7-4-3-6-13(14)12-22;2*1-2/h4-12,14-16H,3,13,17H2,1-2H3,(H,27,28);3-6,8-10H,2,7,11H2,1H3,(H,20,21);3-8,10-11,22H,2,9,12H2,1H3,(H,20,21);2*1-2H3. The fourth-order valence-corrected chi connectivity index (χ4v) is 10.9.